The fraction of sp³-hybridized carbons (Fsp3) is 1.00. The molecule has 1 aliphatic rings. The first-order chi connectivity index (χ1) is 8.62. The minimum Gasteiger partial charge on any atom is -0.393 e. The molecule has 0 aromatic rings. The van der Waals surface area contributed by atoms with E-state index in [-0.39, 0.29) is 30.1 Å². The molecule has 1 aliphatic carbocycles. The zero-order chi connectivity index (χ0) is 14.8. The van der Waals surface area contributed by atoms with Gasteiger partial charge in [-0.15, -0.1) is 0 Å². The molecule has 4 heteroatoms. The highest BCUT2D eigenvalue weighted by molar-refractivity contribution is 4.93. The Balaban J connectivity index is 2.93. The lowest BCUT2D eigenvalue weighted by Crippen LogP contribution is -2.53. The maximum Gasteiger partial charge on any atom is 0.251 e. The summed E-state index contributed by atoms with van der Waals surface area (Å²) < 4.78 is 25.6. The second-order valence-electron chi connectivity index (χ2n) is 7.19. The van der Waals surface area contributed by atoms with Crippen LogP contribution in [0.25, 0.3) is 0 Å². The molecule has 0 saturated heterocycles. The molecule has 0 aliphatic heterocycles. The molecule has 114 valence electrons. The molecule has 0 radical (unpaired) electrons. The molecule has 1 fully saturated rings. The molecule has 3 unspecified atom stereocenters. The number of rotatable bonds is 4. The van der Waals surface area contributed by atoms with Crippen molar-refractivity contribution in [3.63, 3.8) is 0 Å². The van der Waals surface area contributed by atoms with Gasteiger partial charge in [0.25, 0.3) is 6.43 Å². The topological polar surface area (TPSA) is 23.5 Å². The van der Waals surface area contributed by atoms with E-state index < -0.39 is 6.43 Å². The third-order valence-electron chi connectivity index (χ3n) is 4.34. The van der Waals surface area contributed by atoms with E-state index in [1.807, 2.05) is 18.7 Å². The van der Waals surface area contributed by atoms with Gasteiger partial charge in [0, 0.05) is 12.1 Å². The number of aliphatic hydroxyl groups excluding tert-OH is 1. The summed E-state index contributed by atoms with van der Waals surface area (Å²) in [6.45, 7) is 10.2. The number of alkyl halides is 2. The highest BCUT2D eigenvalue weighted by Gasteiger charge is 2.41. The van der Waals surface area contributed by atoms with Gasteiger partial charge in [0.15, 0.2) is 0 Å². The van der Waals surface area contributed by atoms with Gasteiger partial charge in [-0.3, -0.25) is 4.90 Å². The van der Waals surface area contributed by atoms with Crippen molar-refractivity contribution < 1.29 is 13.9 Å². The third kappa shape index (κ3) is 4.67. The predicted octanol–water partition coefficient (Wildman–Crippen LogP) is 3.54. The first-order valence-electron chi connectivity index (χ1n) is 7.35. The van der Waals surface area contributed by atoms with E-state index in [1.165, 1.54) is 0 Å². The Kier molecular flexibility index (Phi) is 5.75. The van der Waals surface area contributed by atoms with Crippen LogP contribution in [-0.2, 0) is 0 Å². The lowest BCUT2D eigenvalue weighted by Gasteiger charge is -2.48. The van der Waals surface area contributed by atoms with Crippen LogP contribution >= 0.6 is 0 Å². The van der Waals surface area contributed by atoms with Gasteiger partial charge in [-0.1, -0.05) is 20.8 Å². The number of hydrogen-bond acceptors (Lipinski definition) is 2. The standard InChI is InChI=1S/C15H29F2NO/c1-10(2)18(9-14(16)17)13-8-11(19)6-7-12(13)15(3,4)5/h10-14,19H,6-9H2,1-5H3. The van der Waals surface area contributed by atoms with Crippen molar-refractivity contribution in [1.29, 1.82) is 0 Å². The molecule has 0 aromatic carbocycles. The summed E-state index contributed by atoms with van der Waals surface area (Å²) >= 11 is 0. The summed E-state index contributed by atoms with van der Waals surface area (Å²) in [5.74, 6) is 0.358. The first-order valence-corrected chi connectivity index (χ1v) is 7.35. The minimum absolute atomic E-state index is 0.0535. The summed E-state index contributed by atoms with van der Waals surface area (Å²) in [5.41, 5.74) is 0.0834. The van der Waals surface area contributed by atoms with Crippen LogP contribution in [0.4, 0.5) is 8.78 Å². The maximum atomic E-state index is 12.8. The molecule has 1 rings (SSSR count). The largest absolute Gasteiger partial charge is 0.393 e. The Labute approximate surface area is 116 Å². The second kappa shape index (κ2) is 6.49. The van der Waals surface area contributed by atoms with Gasteiger partial charge < -0.3 is 5.11 Å². The SMILES string of the molecule is CC(C)N(CC(F)F)C1CC(O)CCC1C(C)(C)C. The highest BCUT2D eigenvalue weighted by Crippen LogP contribution is 2.41. The highest BCUT2D eigenvalue weighted by atomic mass is 19.3. The van der Waals surface area contributed by atoms with Crippen molar-refractivity contribution >= 4 is 0 Å². The fourth-order valence-electron chi connectivity index (χ4n) is 3.39. The first kappa shape index (κ1) is 16.8. The Morgan fingerprint density at radius 2 is 1.79 bits per heavy atom. The second-order valence-corrected chi connectivity index (χ2v) is 7.19. The van der Waals surface area contributed by atoms with Crippen LogP contribution in [0.5, 0.6) is 0 Å². The van der Waals surface area contributed by atoms with E-state index in [1.54, 1.807) is 0 Å². The normalized spacial score (nSPS) is 29.5. The van der Waals surface area contributed by atoms with Crippen LogP contribution in [0.15, 0.2) is 0 Å². The molecular formula is C15H29F2NO. The zero-order valence-electron chi connectivity index (χ0n) is 12.9. The maximum absolute atomic E-state index is 12.8. The predicted molar refractivity (Wildman–Crippen MR) is 74.4 cm³/mol. The van der Waals surface area contributed by atoms with E-state index in [0.29, 0.717) is 12.3 Å². The van der Waals surface area contributed by atoms with Gasteiger partial charge in [0.2, 0.25) is 0 Å². The van der Waals surface area contributed by atoms with Crippen molar-refractivity contribution in [2.24, 2.45) is 11.3 Å². The number of halogens is 2. The summed E-state index contributed by atoms with van der Waals surface area (Å²) in [6.07, 6.45) is -0.335. The van der Waals surface area contributed by atoms with E-state index >= 15 is 0 Å². The van der Waals surface area contributed by atoms with Gasteiger partial charge in [-0.2, -0.15) is 0 Å². The van der Waals surface area contributed by atoms with Gasteiger partial charge in [0.05, 0.1) is 12.6 Å². The van der Waals surface area contributed by atoms with Crippen LogP contribution in [-0.4, -0.2) is 41.2 Å². The summed E-state index contributed by atoms with van der Waals surface area (Å²) in [5, 5.41) is 9.91. The third-order valence-corrected chi connectivity index (χ3v) is 4.34. The lowest BCUT2D eigenvalue weighted by atomic mass is 9.68. The molecule has 3 atom stereocenters. The molecule has 0 aromatic heterocycles. The van der Waals surface area contributed by atoms with E-state index in [2.05, 4.69) is 20.8 Å². The summed E-state index contributed by atoms with van der Waals surface area (Å²) in [4.78, 5) is 1.89. The smallest absolute Gasteiger partial charge is 0.251 e. The number of hydrogen-bond donors (Lipinski definition) is 1. The Bertz CT molecular complexity index is 276. The zero-order valence-corrected chi connectivity index (χ0v) is 12.9. The van der Waals surface area contributed by atoms with Crippen molar-refractivity contribution in [3.05, 3.63) is 0 Å². The number of aliphatic hydroxyl groups is 1. The van der Waals surface area contributed by atoms with E-state index in [9.17, 15) is 13.9 Å². The average molecular weight is 277 g/mol. The Hall–Kier alpha value is -0.220. The monoisotopic (exact) mass is 277 g/mol. The molecule has 0 heterocycles. The molecule has 2 nitrogen and oxygen atoms in total. The molecular weight excluding hydrogens is 248 g/mol. The molecule has 0 bridgehead atoms. The van der Waals surface area contributed by atoms with Crippen LogP contribution in [0.1, 0.15) is 53.9 Å². The molecule has 1 N–H and O–H groups in total. The van der Waals surface area contributed by atoms with E-state index in [0.717, 1.165) is 12.8 Å². The van der Waals surface area contributed by atoms with Gasteiger partial charge in [0.1, 0.15) is 0 Å². The van der Waals surface area contributed by atoms with Crippen LogP contribution in [0.3, 0.4) is 0 Å². The summed E-state index contributed by atoms with van der Waals surface area (Å²) in [6, 6.07) is 0.131. The van der Waals surface area contributed by atoms with Crippen molar-refractivity contribution in [2.45, 2.75) is 78.5 Å². The van der Waals surface area contributed by atoms with Gasteiger partial charge >= 0.3 is 0 Å². The van der Waals surface area contributed by atoms with E-state index in [4.69, 9.17) is 0 Å². The summed E-state index contributed by atoms with van der Waals surface area (Å²) in [7, 11) is 0. The van der Waals surface area contributed by atoms with Crippen molar-refractivity contribution in [2.75, 3.05) is 6.54 Å². The molecule has 0 spiro atoms. The van der Waals surface area contributed by atoms with Crippen LogP contribution in [0.2, 0.25) is 0 Å². The van der Waals surface area contributed by atoms with Crippen LogP contribution < -0.4 is 0 Å². The van der Waals surface area contributed by atoms with Crippen LogP contribution in [0, 0.1) is 11.3 Å². The fourth-order valence-corrected chi connectivity index (χ4v) is 3.39. The minimum atomic E-state index is -2.32. The quantitative estimate of drug-likeness (QED) is 0.849. The molecule has 0 amide bonds. The van der Waals surface area contributed by atoms with Crippen molar-refractivity contribution in [1.82, 2.24) is 4.90 Å². The van der Waals surface area contributed by atoms with Gasteiger partial charge in [-0.25, -0.2) is 8.78 Å². The lowest BCUT2D eigenvalue weighted by molar-refractivity contribution is -0.0442. The molecule has 1 saturated carbocycles. The Morgan fingerprint density at radius 3 is 2.21 bits per heavy atom. The number of nitrogens with zero attached hydrogens (tertiary/aromatic N) is 1. The average Bonchev–Trinajstić information content (AvgIpc) is 2.23. The van der Waals surface area contributed by atoms with Gasteiger partial charge in [-0.05, 0) is 44.4 Å². The van der Waals surface area contributed by atoms with Crippen molar-refractivity contribution in [3.8, 4) is 0 Å². The Morgan fingerprint density at radius 1 is 1.21 bits per heavy atom. The molecule has 19 heavy (non-hydrogen) atoms.